The van der Waals surface area contributed by atoms with Crippen molar-refractivity contribution >= 4 is 17.7 Å². The van der Waals surface area contributed by atoms with E-state index in [1.807, 2.05) is 0 Å². The average molecular weight is 309 g/mol. The number of ether oxygens (including phenoxy) is 1. The maximum atomic E-state index is 11.6. The van der Waals surface area contributed by atoms with Crippen LogP contribution < -0.4 is 5.32 Å². The number of aromatic carboxylic acids is 1. The molecule has 1 aromatic rings. The maximum Gasteiger partial charge on any atom is 0.411 e. The number of carbonyl (C=O) groups is 2. The van der Waals surface area contributed by atoms with Crippen LogP contribution in [0.15, 0.2) is 18.2 Å². The van der Waals surface area contributed by atoms with Gasteiger partial charge in [-0.2, -0.15) is 0 Å². The van der Waals surface area contributed by atoms with Gasteiger partial charge < -0.3 is 14.9 Å². The fourth-order valence-corrected chi connectivity index (χ4v) is 2.01. The van der Waals surface area contributed by atoms with E-state index >= 15 is 0 Å². The lowest BCUT2D eigenvalue weighted by Crippen LogP contribution is -2.15. The number of carboxylic acids is 1. The highest BCUT2D eigenvalue weighted by molar-refractivity contribution is 5.96. The second-order valence-corrected chi connectivity index (χ2v) is 5.04. The summed E-state index contributed by atoms with van der Waals surface area (Å²) in [5, 5.41) is 21.0. The van der Waals surface area contributed by atoms with Crippen LogP contribution in [0.25, 0.3) is 0 Å². The summed E-state index contributed by atoms with van der Waals surface area (Å²) in [6, 6.07) is 4.10. The van der Waals surface area contributed by atoms with Crippen molar-refractivity contribution < 1.29 is 24.5 Å². The molecule has 22 heavy (non-hydrogen) atoms. The number of unbranched alkanes of at least 4 members (excludes halogenated alkanes) is 5. The van der Waals surface area contributed by atoms with Crippen molar-refractivity contribution in [1.82, 2.24) is 0 Å². The molecule has 0 bridgehead atoms. The van der Waals surface area contributed by atoms with E-state index in [0.717, 1.165) is 19.3 Å². The fraction of sp³-hybridized carbons (Fsp3) is 0.500. The van der Waals surface area contributed by atoms with Gasteiger partial charge >= 0.3 is 12.1 Å². The number of nitrogens with one attached hydrogen (secondary N) is 1. The third kappa shape index (κ3) is 6.03. The van der Waals surface area contributed by atoms with Gasteiger partial charge in [-0.25, -0.2) is 9.59 Å². The number of rotatable bonds is 9. The van der Waals surface area contributed by atoms with E-state index in [2.05, 4.69) is 12.2 Å². The van der Waals surface area contributed by atoms with Gasteiger partial charge in [0.1, 0.15) is 5.56 Å². The van der Waals surface area contributed by atoms with Crippen molar-refractivity contribution in [2.75, 3.05) is 11.9 Å². The van der Waals surface area contributed by atoms with E-state index < -0.39 is 17.8 Å². The molecule has 6 heteroatoms. The summed E-state index contributed by atoms with van der Waals surface area (Å²) in [5.41, 5.74) is -0.249. The Morgan fingerprint density at radius 2 is 1.82 bits per heavy atom. The first kappa shape index (κ1) is 17.8. The summed E-state index contributed by atoms with van der Waals surface area (Å²) >= 11 is 0. The van der Waals surface area contributed by atoms with E-state index in [4.69, 9.17) is 9.84 Å². The van der Waals surface area contributed by atoms with E-state index in [0.29, 0.717) is 6.61 Å². The molecule has 0 aliphatic carbocycles. The summed E-state index contributed by atoms with van der Waals surface area (Å²) in [7, 11) is 0. The van der Waals surface area contributed by atoms with Crippen LogP contribution in [0.5, 0.6) is 5.75 Å². The monoisotopic (exact) mass is 309 g/mol. The number of amides is 1. The van der Waals surface area contributed by atoms with Gasteiger partial charge in [-0.15, -0.1) is 0 Å². The standard InChI is InChI=1S/C16H23NO5/c1-2-3-4-5-6-7-11-22-16(21)17-13-10-8-9-12(14(13)18)15(19)20/h8-10,18H,2-7,11H2,1H3,(H,17,21)(H,19,20). The molecule has 0 saturated heterocycles. The smallest absolute Gasteiger partial charge is 0.411 e. The van der Waals surface area contributed by atoms with Crippen molar-refractivity contribution in [3.05, 3.63) is 23.8 Å². The SMILES string of the molecule is CCCCCCCCOC(=O)Nc1cccc(C(=O)O)c1O. The molecule has 0 aromatic heterocycles. The molecule has 0 aliphatic rings. The summed E-state index contributed by atoms with van der Waals surface area (Å²) in [6.45, 7) is 2.46. The summed E-state index contributed by atoms with van der Waals surface area (Å²) in [6.07, 6.45) is 5.83. The van der Waals surface area contributed by atoms with Gasteiger partial charge in [0.15, 0.2) is 5.75 Å². The highest BCUT2D eigenvalue weighted by Crippen LogP contribution is 2.27. The van der Waals surface area contributed by atoms with Gasteiger partial charge in [0.05, 0.1) is 12.3 Å². The maximum absolute atomic E-state index is 11.6. The summed E-state index contributed by atoms with van der Waals surface area (Å²) in [5.74, 6) is -1.74. The number of carboxylic acid groups (broad SMARTS) is 1. The lowest BCUT2D eigenvalue weighted by atomic mass is 10.1. The number of hydrogen-bond donors (Lipinski definition) is 3. The minimum atomic E-state index is -1.26. The van der Waals surface area contributed by atoms with Crippen LogP contribution in [0.2, 0.25) is 0 Å². The Hall–Kier alpha value is -2.24. The minimum Gasteiger partial charge on any atom is -0.505 e. The van der Waals surface area contributed by atoms with Gasteiger partial charge in [0.2, 0.25) is 0 Å². The molecule has 1 amide bonds. The Morgan fingerprint density at radius 3 is 2.50 bits per heavy atom. The molecule has 122 valence electrons. The van der Waals surface area contributed by atoms with Gasteiger partial charge in [0.25, 0.3) is 0 Å². The number of benzene rings is 1. The lowest BCUT2D eigenvalue weighted by Gasteiger charge is -2.09. The van der Waals surface area contributed by atoms with Crippen molar-refractivity contribution in [3.8, 4) is 5.75 Å². The molecule has 0 heterocycles. The number of phenols is 1. The average Bonchev–Trinajstić information content (AvgIpc) is 2.48. The van der Waals surface area contributed by atoms with Crippen LogP contribution in [0.4, 0.5) is 10.5 Å². The molecule has 1 aromatic carbocycles. The highest BCUT2D eigenvalue weighted by atomic mass is 16.5. The van der Waals surface area contributed by atoms with Crippen molar-refractivity contribution in [2.24, 2.45) is 0 Å². The second kappa shape index (κ2) is 9.65. The predicted octanol–water partition coefficient (Wildman–Crippen LogP) is 4.00. The quantitative estimate of drug-likeness (QED) is 0.473. The van der Waals surface area contributed by atoms with E-state index in [1.165, 1.54) is 37.5 Å². The Labute approximate surface area is 130 Å². The van der Waals surface area contributed by atoms with Crippen molar-refractivity contribution in [2.45, 2.75) is 45.4 Å². The summed E-state index contributed by atoms with van der Waals surface area (Å²) in [4.78, 5) is 22.5. The van der Waals surface area contributed by atoms with Gasteiger partial charge in [-0.3, -0.25) is 5.32 Å². The molecule has 1 rings (SSSR count). The van der Waals surface area contributed by atoms with Crippen LogP contribution in [-0.4, -0.2) is 28.9 Å². The highest BCUT2D eigenvalue weighted by Gasteiger charge is 2.14. The number of para-hydroxylation sites is 1. The summed E-state index contributed by atoms with van der Waals surface area (Å²) < 4.78 is 5.00. The predicted molar refractivity (Wildman–Crippen MR) is 83.4 cm³/mol. The molecule has 0 spiro atoms. The van der Waals surface area contributed by atoms with Crippen molar-refractivity contribution in [3.63, 3.8) is 0 Å². The molecule has 0 unspecified atom stereocenters. The first-order valence-corrected chi connectivity index (χ1v) is 7.55. The number of carbonyl (C=O) groups excluding carboxylic acids is 1. The van der Waals surface area contributed by atoms with E-state index in [1.54, 1.807) is 0 Å². The zero-order valence-electron chi connectivity index (χ0n) is 12.8. The van der Waals surface area contributed by atoms with Gasteiger partial charge in [-0.05, 0) is 18.6 Å². The van der Waals surface area contributed by atoms with Crippen LogP contribution >= 0.6 is 0 Å². The van der Waals surface area contributed by atoms with Crippen LogP contribution in [0, 0.1) is 0 Å². The van der Waals surface area contributed by atoms with Gasteiger partial charge in [0, 0.05) is 0 Å². The Bertz CT molecular complexity index is 501. The van der Waals surface area contributed by atoms with E-state index in [-0.39, 0.29) is 11.3 Å². The molecule has 0 radical (unpaired) electrons. The zero-order valence-corrected chi connectivity index (χ0v) is 12.8. The zero-order chi connectivity index (χ0) is 16.4. The molecular weight excluding hydrogens is 286 g/mol. The normalized spacial score (nSPS) is 10.2. The van der Waals surface area contributed by atoms with Crippen LogP contribution in [0.3, 0.4) is 0 Å². The molecule has 3 N–H and O–H groups in total. The number of anilines is 1. The van der Waals surface area contributed by atoms with Gasteiger partial charge in [-0.1, -0.05) is 45.1 Å². The van der Waals surface area contributed by atoms with Crippen LogP contribution in [-0.2, 0) is 4.74 Å². The first-order valence-electron chi connectivity index (χ1n) is 7.55. The largest absolute Gasteiger partial charge is 0.505 e. The Kier molecular flexibility index (Phi) is 7.81. The third-order valence-corrected chi connectivity index (χ3v) is 3.23. The number of aromatic hydroxyl groups is 1. The molecule has 0 atom stereocenters. The Balaban J connectivity index is 2.34. The number of hydrogen-bond acceptors (Lipinski definition) is 4. The fourth-order valence-electron chi connectivity index (χ4n) is 2.01. The molecule has 0 fully saturated rings. The molecular formula is C16H23NO5. The third-order valence-electron chi connectivity index (χ3n) is 3.23. The molecule has 0 saturated carbocycles. The molecule has 0 aliphatic heterocycles. The lowest BCUT2D eigenvalue weighted by molar-refractivity contribution is 0.0693. The van der Waals surface area contributed by atoms with Crippen LogP contribution in [0.1, 0.15) is 55.8 Å². The first-order chi connectivity index (χ1) is 10.6. The van der Waals surface area contributed by atoms with Crippen molar-refractivity contribution in [1.29, 1.82) is 0 Å². The minimum absolute atomic E-state index is 0.0212. The molecule has 6 nitrogen and oxygen atoms in total. The Morgan fingerprint density at radius 1 is 1.14 bits per heavy atom. The van der Waals surface area contributed by atoms with E-state index in [9.17, 15) is 14.7 Å². The second-order valence-electron chi connectivity index (χ2n) is 5.04. The topological polar surface area (TPSA) is 95.9 Å².